The maximum atomic E-state index is 13.2. The lowest BCUT2D eigenvalue weighted by atomic mass is 10.1. The summed E-state index contributed by atoms with van der Waals surface area (Å²) in [5.74, 6) is -0.899. The van der Waals surface area contributed by atoms with Gasteiger partial charge in [0, 0.05) is 24.3 Å². The molecule has 0 radical (unpaired) electrons. The molecular formula is C22H26N2O6S. The second-order valence-electron chi connectivity index (χ2n) is 7.17. The first-order chi connectivity index (χ1) is 14.8. The van der Waals surface area contributed by atoms with E-state index < -0.39 is 21.9 Å². The number of anilines is 1. The average molecular weight is 447 g/mol. The minimum atomic E-state index is -3.74. The number of amides is 1. The SMILES string of the molecule is CCc1ccc(C(=O)Nc2ccc(C(=O)OC)cc2C)cc1S(=O)(=O)N1CCOCC1. The standard InChI is InChI=1S/C22H26N2O6S/c1-4-16-5-6-17(14-20(16)31(27,28)24-9-11-30-12-10-24)21(25)23-19-8-7-18(13-15(19)2)22(26)29-3/h5-8,13-14H,4,9-12H2,1-3H3,(H,23,25). The molecule has 1 saturated heterocycles. The van der Waals surface area contributed by atoms with Crippen molar-refractivity contribution in [2.45, 2.75) is 25.2 Å². The van der Waals surface area contributed by atoms with E-state index in [1.165, 1.54) is 17.5 Å². The molecule has 1 aliphatic heterocycles. The second kappa shape index (κ2) is 9.59. The molecule has 0 unspecified atom stereocenters. The van der Waals surface area contributed by atoms with Crippen molar-refractivity contribution < 1.29 is 27.5 Å². The Morgan fingerprint density at radius 3 is 2.39 bits per heavy atom. The maximum Gasteiger partial charge on any atom is 0.337 e. The summed E-state index contributed by atoms with van der Waals surface area (Å²) < 4.78 is 37.7. The van der Waals surface area contributed by atoms with Gasteiger partial charge in [-0.25, -0.2) is 13.2 Å². The van der Waals surface area contributed by atoms with E-state index in [0.29, 0.717) is 42.0 Å². The summed E-state index contributed by atoms with van der Waals surface area (Å²) in [7, 11) is -2.44. The molecular weight excluding hydrogens is 420 g/mol. The topological polar surface area (TPSA) is 102 Å². The molecule has 31 heavy (non-hydrogen) atoms. The van der Waals surface area contributed by atoms with Gasteiger partial charge in [0.25, 0.3) is 5.91 Å². The molecule has 1 N–H and O–H groups in total. The van der Waals surface area contributed by atoms with Gasteiger partial charge in [0.1, 0.15) is 0 Å². The van der Waals surface area contributed by atoms with Crippen LogP contribution in [0.25, 0.3) is 0 Å². The van der Waals surface area contributed by atoms with E-state index in [4.69, 9.17) is 9.47 Å². The highest BCUT2D eigenvalue weighted by Crippen LogP contribution is 2.25. The van der Waals surface area contributed by atoms with Crippen LogP contribution < -0.4 is 5.32 Å². The first-order valence-corrected chi connectivity index (χ1v) is 11.4. The number of benzene rings is 2. The van der Waals surface area contributed by atoms with Crippen molar-refractivity contribution in [2.75, 3.05) is 38.7 Å². The Kier molecular flexibility index (Phi) is 7.09. The molecule has 1 amide bonds. The van der Waals surface area contributed by atoms with E-state index in [-0.39, 0.29) is 23.5 Å². The zero-order chi connectivity index (χ0) is 22.6. The molecule has 0 aliphatic carbocycles. The van der Waals surface area contributed by atoms with Gasteiger partial charge >= 0.3 is 5.97 Å². The fraction of sp³-hybridized carbons (Fsp3) is 0.364. The summed E-state index contributed by atoms with van der Waals surface area (Å²) in [6.07, 6.45) is 0.523. The number of carbonyl (C=O) groups is 2. The van der Waals surface area contributed by atoms with Gasteiger partial charge in [-0.1, -0.05) is 13.0 Å². The van der Waals surface area contributed by atoms with E-state index >= 15 is 0 Å². The zero-order valence-electron chi connectivity index (χ0n) is 17.8. The van der Waals surface area contributed by atoms with Gasteiger partial charge in [-0.05, 0) is 54.8 Å². The number of aryl methyl sites for hydroxylation is 2. The van der Waals surface area contributed by atoms with Crippen LogP contribution in [-0.2, 0) is 25.9 Å². The summed E-state index contributed by atoms with van der Waals surface area (Å²) in [6.45, 7) is 4.90. The van der Waals surface area contributed by atoms with E-state index in [1.54, 1.807) is 37.3 Å². The molecule has 0 saturated carbocycles. The first-order valence-electron chi connectivity index (χ1n) is 9.99. The van der Waals surface area contributed by atoms with Crippen molar-refractivity contribution in [1.82, 2.24) is 4.31 Å². The number of methoxy groups -OCH3 is 1. The van der Waals surface area contributed by atoms with Crippen LogP contribution in [0, 0.1) is 6.92 Å². The van der Waals surface area contributed by atoms with E-state index in [9.17, 15) is 18.0 Å². The zero-order valence-corrected chi connectivity index (χ0v) is 18.6. The van der Waals surface area contributed by atoms with Gasteiger partial charge in [0.05, 0.1) is 30.8 Å². The van der Waals surface area contributed by atoms with Crippen molar-refractivity contribution in [3.63, 3.8) is 0 Å². The van der Waals surface area contributed by atoms with Crippen molar-refractivity contribution in [1.29, 1.82) is 0 Å². The van der Waals surface area contributed by atoms with Crippen molar-refractivity contribution in [3.05, 3.63) is 58.7 Å². The predicted molar refractivity (Wildman–Crippen MR) is 116 cm³/mol. The molecule has 0 aromatic heterocycles. The third-order valence-corrected chi connectivity index (χ3v) is 7.17. The molecule has 0 spiro atoms. The highest BCUT2D eigenvalue weighted by atomic mass is 32.2. The molecule has 3 rings (SSSR count). The smallest absolute Gasteiger partial charge is 0.337 e. The van der Waals surface area contributed by atoms with Crippen LogP contribution in [-0.4, -0.2) is 58.0 Å². The van der Waals surface area contributed by atoms with Crippen LogP contribution >= 0.6 is 0 Å². The number of hydrogen-bond acceptors (Lipinski definition) is 6. The molecule has 166 valence electrons. The van der Waals surface area contributed by atoms with Crippen LogP contribution in [0.2, 0.25) is 0 Å². The van der Waals surface area contributed by atoms with Gasteiger partial charge < -0.3 is 14.8 Å². The van der Waals surface area contributed by atoms with Crippen molar-refractivity contribution in [2.24, 2.45) is 0 Å². The largest absolute Gasteiger partial charge is 0.465 e. The second-order valence-corrected chi connectivity index (χ2v) is 9.07. The maximum absolute atomic E-state index is 13.2. The summed E-state index contributed by atoms with van der Waals surface area (Å²) in [4.78, 5) is 24.7. The lowest BCUT2D eigenvalue weighted by molar-refractivity contribution is 0.0600. The van der Waals surface area contributed by atoms with Crippen LogP contribution in [0.4, 0.5) is 5.69 Å². The molecule has 1 fully saturated rings. The lowest BCUT2D eigenvalue weighted by Crippen LogP contribution is -2.41. The van der Waals surface area contributed by atoms with Gasteiger partial charge in [-0.15, -0.1) is 0 Å². The number of esters is 1. The van der Waals surface area contributed by atoms with Crippen molar-refractivity contribution in [3.8, 4) is 0 Å². The highest BCUT2D eigenvalue weighted by molar-refractivity contribution is 7.89. The summed E-state index contributed by atoms with van der Waals surface area (Å²) >= 11 is 0. The molecule has 1 heterocycles. The first kappa shape index (κ1) is 22.9. The Morgan fingerprint density at radius 1 is 1.10 bits per heavy atom. The molecule has 0 bridgehead atoms. The third kappa shape index (κ3) is 4.95. The highest BCUT2D eigenvalue weighted by Gasteiger charge is 2.29. The van der Waals surface area contributed by atoms with Crippen LogP contribution in [0.1, 0.15) is 38.8 Å². The third-order valence-electron chi connectivity index (χ3n) is 5.19. The lowest BCUT2D eigenvalue weighted by Gasteiger charge is -2.27. The Balaban J connectivity index is 1.89. The number of ether oxygens (including phenoxy) is 2. The summed E-state index contributed by atoms with van der Waals surface area (Å²) in [5.41, 5.74) is 2.48. The Bertz CT molecular complexity index is 1090. The number of rotatable bonds is 6. The number of hydrogen-bond donors (Lipinski definition) is 1. The normalized spacial score (nSPS) is 14.8. The summed E-state index contributed by atoms with van der Waals surface area (Å²) in [5, 5.41) is 2.79. The van der Waals surface area contributed by atoms with Crippen LogP contribution in [0.3, 0.4) is 0 Å². The number of nitrogens with zero attached hydrogens (tertiary/aromatic N) is 1. The quantitative estimate of drug-likeness (QED) is 0.685. The van der Waals surface area contributed by atoms with Crippen molar-refractivity contribution >= 4 is 27.6 Å². The number of carbonyl (C=O) groups excluding carboxylic acids is 2. The number of nitrogens with one attached hydrogen (secondary N) is 1. The molecule has 0 atom stereocenters. The molecule has 2 aromatic carbocycles. The predicted octanol–water partition coefficient (Wildman–Crippen LogP) is 2.62. The van der Waals surface area contributed by atoms with Gasteiger partial charge in [0.2, 0.25) is 10.0 Å². The average Bonchev–Trinajstić information content (AvgIpc) is 2.79. The molecule has 1 aliphatic rings. The number of sulfonamides is 1. The fourth-order valence-corrected chi connectivity index (χ4v) is 5.12. The minimum absolute atomic E-state index is 0.141. The Labute approximate surface area is 182 Å². The molecule has 8 nitrogen and oxygen atoms in total. The minimum Gasteiger partial charge on any atom is -0.465 e. The van der Waals surface area contributed by atoms with E-state index in [1.807, 2.05) is 6.92 Å². The Morgan fingerprint density at radius 2 is 1.77 bits per heavy atom. The van der Waals surface area contributed by atoms with Crippen LogP contribution in [0.5, 0.6) is 0 Å². The van der Waals surface area contributed by atoms with Gasteiger partial charge in [0.15, 0.2) is 0 Å². The van der Waals surface area contributed by atoms with Gasteiger partial charge in [-0.2, -0.15) is 4.31 Å². The molecule has 9 heteroatoms. The van der Waals surface area contributed by atoms with E-state index in [0.717, 1.165) is 0 Å². The summed E-state index contributed by atoms with van der Waals surface area (Å²) in [6, 6.07) is 9.52. The van der Waals surface area contributed by atoms with Crippen LogP contribution in [0.15, 0.2) is 41.3 Å². The van der Waals surface area contributed by atoms with E-state index in [2.05, 4.69) is 5.32 Å². The Hall–Kier alpha value is -2.75. The van der Waals surface area contributed by atoms with Gasteiger partial charge in [-0.3, -0.25) is 4.79 Å². The fourth-order valence-electron chi connectivity index (χ4n) is 3.40. The molecule has 2 aromatic rings. The monoisotopic (exact) mass is 446 g/mol. The number of morpholine rings is 1.